The molecule has 1 N–H and O–H groups in total. The average molecular weight is 153 g/mol. The Bertz CT molecular complexity index is 184. The third-order valence-corrected chi connectivity index (χ3v) is 3.36. The van der Waals surface area contributed by atoms with Crippen molar-refractivity contribution in [1.29, 1.82) is 0 Å². The highest BCUT2D eigenvalue weighted by Gasteiger charge is 2.54. The first-order valence-electron chi connectivity index (χ1n) is 4.50. The zero-order valence-electron chi connectivity index (χ0n) is 7.02. The summed E-state index contributed by atoms with van der Waals surface area (Å²) in [6.45, 7) is 0. The molecule has 2 heteroatoms. The summed E-state index contributed by atoms with van der Waals surface area (Å²) in [6, 6.07) is 0. The number of nitrogens with one attached hydrogen (secondary N) is 1. The summed E-state index contributed by atoms with van der Waals surface area (Å²) in [6.07, 6.45) is 6.28. The van der Waals surface area contributed by atoms with Crippen molar-refractivity contribution in [3.05, 3.63) is 0 Å². The highest BCUT2D eigenvalue weighted by atomic mass is 16.1. The lowest BCUT2D eigenvalue weighted by Gasteiger charge is -2.15. The quantitative estimate of drug-likeness (QED) is 0.604. The van der Waals surface area contributed by atoms with Crippen LogP contribution < -0.4 is 5.32 Å². The molecule has 0 bridgehead atoms. The molecule has 1 atom stereocenters. The van der Waals surface area contributed by atoms with Crippen molar-refractivity contribution >= 4 is 5.91 Å². The van der Waals surface area contributed by atoms with E-state index in [1.165, 1.54) is 25.7 Å². The van der Waals surface area contributed by atoms with Gasteiger partial charge in [-0.2, -0.15) is 0 Å². The summed E-state index contributed by atoms with van der Waals surface area (Å²) >= 11 is 0. The van der Waals surface area contributed by atoms with Crippen LogP contribution in [0.15, 0.2) is 0 Å². The van der Waals surface area contributed by atoms with E-state index in [2.05, 4.69) is 5.32 Å². The molecule has 11 heavy (non-hydrogen) atoms. The zero-order chi connectivity index (χ0) is 7.90. The Morgan fingerprint density at radius 3 is 2.73 bits per heavy atom. The number of carbonyl (C=O) groups is 1. The van der Waals surface area contributed by atoms with Crippen LogP contribution in [0, 0.1) is 11.3 Å². The Labute approximate surface area is 67.4 Å². The van der Waals surface area contributed by atoms with E-state index in [9.17, 15) is 4.79 Å². The van der Waals surface area contributed by atoms with Gasteiger partial charge in [-0.05, 0) is 31.1 Å². The Hall–Kier alpha value is -0.530. The summed E-state index contributed by atoms with van der Waals surface area (Å²) in [5, 5.41) is 2.76. The normalized spacial score (nSPS) is 32.3. The maximum absolute atomic E-state index is 11.4. The van der Waals surface area contributed by atoms with Gasteiger partial charge in [0.05, 0.1) is 0 Å². The van der Waals surface area contributed by atoms with Crippen LogP contribution in [-0.2, 0) is 4.79 Å². The number of amides is 1. The van der Waals surface area contributed by atoms with Crippen LogP contribution in [0.2, 0.25) is 0 Å². The Balaban J connectivity index is 2.08. The highest BCUT2D eigenvalue weighted by molar-refractivity contribution is 5.80. The van der Waals surface area contributed by atoms with Gasteiger partial charge in [0, 0.05) is 13.0 Å². The van der Waals surface area contributed by atoms with Crippen molar-refractivity contribution < 1.29 is 4.79 Å². The first-order valence-corrected chi connectivity index (χ1v) is 4.50. The standard InChI is InChI=1S/C9H15NO/c1-10-8(11)7-3-2-4-9(7)5-6-9/h7H,2-6H2,1H3,(H,10,11). The molecule has 2 fully saturated rings. The van der Waals surface area contributed by atoms with Crippen LogP contribution >= 0.6 is 0 Å². The van der Waals surface area contributed by atoms with Crippen molar-refractivity contribution in [3.63, 3.8) is 0 Å². The molecule has 2 rings (SSSR count). The van der Waals surface area contributed by atoms with Gasteiger partial charge < -0.3 is 5.32 Å². The lowest BCUT2D eigenvalue weighted by molar-refractivity contribution is -0.125. The molecule has 62 valence electrons. The summed E-state index contributed by atoms with van der Waals surface area (Å²) in [4.78, 5) is 11.4. The largest absolute Gasteiger partial charge is 0.359 e. The number of carbonyl (C=O) groups excluding carboxylic acids is 1. The van der Waals surface area contributed by atoms with E-state index in [0.29, 0.717) is 11.3 Å². The fraction of sp³-hybridized carbons (Fsp3) is 0.889. The lowest BCUT2D eigenvalue weighted by atomic mass is 9.92. The van der Waals surface area contributed by atoms with Gasteiger partial charge in [0.25, 0.3) is 0 Å². The van der Waals surface area contributed by atoms with Crippen molar-refractivity contribution in [2.75, 3.05) is 7.05 Å². The average Bonchev–Trinajstić information content (AvgIpc) is 2.63. The van der Waals surface area contributed by atoms with Crippen LogP contribution in [0.25, 0.3) is 0 Å². The minimum Gasteiger partial charge on any atom is -0.359 e. The molecule has 0 heterocycles. The third kappa shape index (κ3) is 0.959. The molecule has 1 spiro atoms. The van der Waals surface area contributed by atoms with Gasteiger partial charge in [-0.3, -0.25) is 4.79 Å². The van der Waals surface area contributed by atoms with E-state index in [1.54, 1.807) is 7.05 Å². The topological polar surface area (TPSA) is 29.1 Å². The minimum atomic E-state index is 0.278. The number of hydrogen-bond donors (Lipinski definition) is 1. The molecule has 0 aromatic heterocycles. The predicted octanol–water partition coefficient (Wildman–Crippen LogP) is 1.31. The lowest BCUT2D eigenvalue weighted by Crippen LogP contribution is -2.30. The molecule has 0 radical (unpaired) electrons. The molecular formula is C9H15NO. The molecule has 2 nitrogen and oxygen atoms in total. The van der Waals surface area contributed by atoms with Crippen LogP contribution in [-0.4, -0.2) is 13.0 Å². The van der Waals surface area contributed by atoms with Gasteiger partial charge in [-0.25, -0.2) is 0 Å². The van der Waals surface area contributed by atoms with E-state index < -0.39 is 0 Å². The second-order valence-electron chi connectivity index (χ2n) is 3.92. The van der Waals surface area contributed by atoms with E-state index in [0.717, 1.165) is 6.42 Å². The first kappa shape index (κ1) is 7.14. The van der Waals surface area contributed by atoms with Crippen molar-refractivity contribution in [1.82, 2.24) is 5.32 Å². The molecule has 2 aliphatic carbocycles. The van der Waals surface area contributed by atoms with Crippen molar-refractivity contribution in [3.8, 4) is 0 Å². The Morgan fingerprint density at radius 2 is 2.18 bits per heavy atom. The SMILES string of the molecule is CNC(=O)C1CCCC12CC2. The third-order valence-electron chi connectivity index (χ3n) is 3.36. The molecule has 0 saturated heterocycles. The van der Waals surface area contributed by atoms with Gasteiger partial charge in [-0.15, -0.1) is 0 Å². The van der Waals surface area contributed by atoms with Crippen LogP contribution in [0.1, 0.15) is 32.1 Å². The minimum absolute atomic E-state index is 0.278. The van der Waals surface area contributed by atoms with Gasteiger partial charge >= 0.3 is 0 Å². The van der Waals surface area contributed by atoms with Crippen molar-refractivity contribution in [2.45, 2.75) is 32.1 Å². The Kier molecular flexibility index (Phi) is 1.44. The summed E-state index contributed by atoms with van der Waals surface area (Å²) in [5.41, 5.74) is 0.472. The smallest absolute Gasteiger partial charge is 0.223 e. The van der Waals surface area contributed by atoms with E-state index in [-0.39, 0.29) is 5.91 Å². The molecule has 1 unspecified atom stereocenters. The molecular weight excluding hydrogens is 138 g/mol. The first-order chi connectivity index (χ1) is 5.28. The molecule has 2 aliphatic rings. The highest BCUT2D eigenvalue weighted by Crippen LogP contribution is 2.61. The van der Waals surface area contributed by atoms with Crippen LogP contribution in [0.3, 0.4) is 0 Å². The summed E-state index contributed by atoms with van der Waals surface area (Å²) in [7, 11) is 1.75. The van der Waals surface area contributed by atoms with E-state index >= 15 is 0 Å². The molecule has 0 aromatic carbocycles. The summed E-state index contributed by atoms with van der Waals surface area (Å²) < 4.78 is 0. The van der Waals surface area contributed by atoms with Crippen molar-refractivity contribution in [2.24, 2.45) is 11.3 Å². The van der Waals surface area contributed by atoms with E-state index in [1.807, 2.05) is 0 Å². The molecule has 2 saturated carbocycles. The number of rotatable bonds is 1. The van der Waals surface area contributed by atoms with E-state index in [4.69, 9.17) is 0 Å². The molecule has 1 amide bonds. The van der Waals surface area contributed by atoms with Crippen LogP contribution in [0.5, 0.6) is 0 Å². The van der Waals surface area contributed by atoms with Gasteiger partial charge in [0.15, 0.2) is 0 Å². The number of hydrogen-bond acceptors (Lipinski definition) is 1. The monoisotopic (exact) mass is 153 g/mol. The Morgan fingerprint density at radius 1 is 1.45 bits per heavy atom. The summed E-state index contributed by atoms with van der Waals surface area (Å²) in [5.74, 6) is 0.632. The second kappa shape index (κ2) is 2.23. The van der Waals surface area contributed by atoms with Gasteiger partial charge in [0.2, 0.25) is 5.91 Å². The maximum Gasteiger partial charge on any atom is 0.223 e. The fourth-order valence-corrected chi connectivity index (χ4v) is 2.48. The zero-order valence-corrected chi connectivity index (χ0v) is 7.02. The van der Waals surface area contributed by atoms with Crippen LogP contribution in [0.4, 0.5) is 0 Å². The maximum atomic E-state index is 11.4. The predicted molar refractivity (Wildman–Crippen MR) is 43.1 cm³/mol. The van der Waals surface area contributed by atoms with Gasteiger partial charge in [-0.1, -0.05) is 6.42 Å². The second-order valence-corrected chi connectivity index (χ2v) is 3.92. The molecule has 0 aliphatic heterocycles. The fourth-order valence-electron chi connectivity index (χ4n) is 2.48. The molecule has 0 aromatic rings. The van der Waals surface area contributed by atoms with Gasteiger partial charge in [0.1, 0.15) is 0 Å².